The fourth-order valence-electron chi connectivity index (χ4n) is 3.03. The van der Waals surface area contributed by atoms with Gasteiger partial charge in [0.25, 0.3) is 10.0 Å². The van der Waals surface area contributed by atoms with E-state index in [1.807, 2.05) is 0 Å². The first-order chi connectivity index (χ1) is 13.3. The SMILES string of the molecule is CN(c1ccccc1)S(=O)(=O)c1cc(C(=O)OC2CCCCC2=O)ccc1Cl. The van der Waals surface area contributed by atoms with Gasteiger partial charge in [-0.15, -0.1) is 0 Å². The molecule has 0 N–H and O–H groups in total. The molecule has 6 nitrogen and oxygen atoms in total. The summed E-state index contributed by atoms with van der Waals surface area (Å²) in [5.41, 5.74) is 0.488. The molecule has 148 valence electrons. The third-order valence-electron chi connectivity index (χ3n) is 4.67. The lowest BCUT2D eigenvalue weighted by molar-refractivity contribution is -0.129. The van der Waals surface area contributed by atoms with Crippen molar-refractivity contribution in [1.82, 2.24) is 0 Å². The van der Waals surface area contributed by atoms with Crippen LogP contribution in [0.5, 0.6) is 0 Å². The highest BCUT2D eigenvalue weighted by Gasteiger charge is 2.29. The van der Waals surface area contributed by atoms with E-state index in [9.17, 15) is 18.0 Å². The molecule has 0 aliphatic heterocycles. The van der Waals surface area contributed by atoms with E-state index in [1.165, 1.54) is 25.2 Å². The van der Waals surface area contributed by atoms with E-state index in [2.05, 4.69) is 0 Å². The van der Waals surface area contributed by atoms with Crippen molar-refractivity contribution in [1.29, 1.82) is 0 Å². The maximum absolute atomic E-state index is 13.0. The Labute approximate surface area is 169 Å². The van der Waals surface area contributed by atoms with E-state index in [1.54, 1.807) is 30.3 Å². The molecule has 3 rings (SSSR count). The molecule has 0 spiro atoms. The molecule has 0 radical (unpaired) electrons. The summed E-state index contributed by atoms with van der Waals surface area (Å²) in [5.74, 6) is -0.846. The van der Waals surface area contributed by atoms with Crippen LogP contribution in [0.1, 0.15) is 36.0 Å². The van der Waals surface area contributed by atoms with Crippen LogP contribution in [-0.4, -0.2) is 33.3 Å². The van der Waals surface area contributed by atoms with Crippen LogP contribution in [0.25, 0.3) is 0 Å². The van der Waals surface area contributed by atoms with Crippen molar-refractivity contribution in [3.05, 3.63) is 59.1 Å². The van der Waals surface area contributed by atoms with Crippen LogP contribution in [0.2, 0.25) is 5.02 Å². The average molecular weight is 422 g/mol. The smallest absolute Gasteiger partial charge is 0.338 e. The van der Waals surface area contributed by atoms with Gasteiger partial charge in [-0.05, 0) is 49.6 Å². The van der Waals surface area contributed by atoms with E-state index in [0.29, 0.717) is 18.5 Å². The number of rotatable bonds is 5. The number of anilines is 1. The lowest BCUT2D eigenvalue weighted by atomic mass is 9.96. The highest BCUT2D eigenvalue weighted by Crippen LogP contribution is 2.29. The fraction of sp³-hybridized carbons (Fsp3) is 0.300. The molecule has 1 unspecified atom stereocenters. The zero-order chi connectivity index (χ0) is 20.3. The molecule has 1 fully saturated rings. The lowest BCUT2D eigenvalue weighted by Crippen LogP contribution is -2.30. The number of ketones is 1. The first kappa shape index (κ1) is 20.4. The van der Waals surface area contributed by atoms with Crippen LogP contribution in [-0.2, 0) is 19.6 Å². The highest BCUT2D eigenvalue weighted by atomic mass is 35.5. The van der Waals surface area contributed by atoms with Crippen molar-refractivity contribution < 1.29 is 22.7 Å². The molecule has 28 heavy (non-hydrogen) atoms. The molecule has 0 bridgehead atoms. The quantitative estimate of drug-likeness (QED) is 0.685. The Bertz CT molecular complexity index is 991. The minimum Gasteiger partial charge on any atom is -0.451 e. The van der Waals surface area contributed by atoms with E-state index in [4.69, 9.17) is 16.3 Å². The number of nitrogens with zero attached hydrogens (tertiary/aromatic N) is 1. The number of carbonyl (C=O) groups is 2. The van der Waals surface area contributed by atoms with E-state index in [0.717, 1.165) is 17.1 Å². The number of hydrogen-bond acceptors (Lipinski definition) is 5. The molecular weight excluding hydrogens is 402 g/mol. The van der Waals surface area contributed by atoms with E-state index in [-0.39, 0.29) is 21.3 Å². The van der Waals surface area contributed by atoms with Crippen molar-refractivity contribution >= 4 is 39.1 Å². The summed E-state index contributed by atoms with van der Waals surface area (Å²) in [5, 5.41) is -0.00641. The number of hydrogen-bond donors (Lipinski definition) is 0. The van der Waals surface area contributed by atoms with E-state index >= 15 is 0 Å². The molecule has 0 aromatic heterocycles. The summed E-state index contributed by atoms with van der Waals surface area (Å²) in [6.45, 7) is 0. The van der Waals surface area contributed by atoms with Crippen molar-refractivity contribution in [3.8, 4) is 0 Å². The Hall–Kier alpha value is -2.38. The monoisotopic (exact) mass is 421 g/mol. The van der Waals surface area contributed by atoms with Gasteiger partial charge in [0, 0.05) is 13.5 Å². The Morgan fingerprint density at radius 1 is 1.14 bits per heavy atom. The first-order valence-electron chi connectivity index (χ1n) is 8.88. The molecular formula is C20H20ClNO5S. The second-order valence-corrected chi connectivity index (χ2v) is 8.90. The number of benzene rings is 2. The van der Waals surface area contributed by atoms with Gasteiger partial charge in [0.15, 0.2) is 11.9 Å². The summed E-state index contributed by atoms with van der Waals surface area (Å²) in [6.07, 6.45) is 1.71. The standard InChI is InChI=1S/C20H20ClNO5S/c1-22(15-7-3-2-4-8-15)28(25,26)19-13-14(11-12-16(19)21)20(24)27-18-10-6-5-9-17(18)23/h2-4,7-8,11-13,18H,5-6,9-10H2,1H3. The van der Waals surface area contributed by atoms with Gasteiger partial charge in [0.05, 0.1) is 16.3 Å². The number of ether oxygens (including phenoxy) is 1. The van der Waals surface area contributed by atoms with Crippen LogP contribution in [0, 0.1) is 0 Å². The predicted octanol–water partition coefficient (Wildman–Crippen LogP) is 3.83. The van der Waals surface area contributed by atoms with Crippen molar-refractivity contribution in [2.75, 3.05) is 11.4 Å². The predicted molar refractivity (Wildman–Crippen MR) is 106 cm³/mol. The Kier molecular flexibility index (Phi) is 6.05. The second-order valence-electron chi connectivity index (χ2n) is 6.56. The Morgan fingerprint density at radius 2 is 1.86 bits per heavy atom. The van der Waals surface area contributed by atoms with Crippen LogP contribution in [0.3, 0.4) is 0 Å². The maximum atomic E-state index is 13.0. The minimum absolute atomic E-state index is 0.00641. The third-order valence-corrected chi connectivity index (χ3v) is 6.94. The van der Waals surface area contributed by atoms with Gasteiger partial charge < -0.3 is 4.74 Å². The summed E-state index contributed by atoms with van der Waals surface area (Å²) < 4.78 is 32.4. The summed E-state index contributed by atoms with van der Waals surface area (Å²) in [4.78, 5) is 24.1. The summed E-state index contributed by atoms with van der Waals surface area (Å²) in [6, 6.07) is 12.4. The van der Waals surface area contributed by atoms with E-state index < -0.39 is 22.1 Å². The van der Waals surface area contributed by atoms with Gasteiger partial charge in [-0.3, -0.25) is 9.10 Å². The van der Waals surface area contributed by atoms with Crippen LogP contribution < -0.4 is 4.31 Å². The molecule has 8 heteroatoms. The fourth-order valence-corrected chi connectivity index (χ4v) is 4.72. The maximum Gasteiger partial charge on any atom is 0.338 e. The molecule has 0 heterocycles. The van der Waals surface area contributed by atoms with Crippen LogP contribution in [0.15, 0.2) is 53.4 Å². The number of Topliss-reactive ketones (excluding diaryl/α,β-unsaturated/α-hetero) is 1. The molecule has 1 saturated carbocycles. The van der Waals surface area contributed by atoms with Gasteiger partial charge in [-0.25, -0.2) is 13.2 Å². The van der Waals surface area contributed by atoms with Crippen molar-refractivity contribution in [2.45, 2.75) is 36.7 Å². The zero-order valence-corrected chi connectivity index (χ0v) is 16.9. The average Bonchev–Trinajstić information content (AvgIpc) is 2.70. The van der Waals surface area contributed by atoms with Gasteiger partial charge >= 0.3 is 5.97 Å². The molecule has 1 aliphatic rings. The zero-order valence-electron chi connectivity index (χ0n) is 15.3. The number of para-hydroxylation sites is 1. The molecule has 0 amide bonds. The Morgan fingerprint density at radius 3 is 2.54 bits per heavy atom. The van der Waals surface area contributed by atoms with Crippen molar-refractivity contribution in [3.63, 3.8) is 0 Å². The lowest BCUT2D eigenvalue weighted by Gasteiger charge is -2.22. The number of sulfonamides is 1. The van der Waals surface area contributed by atoms with Crippen LogP contribution >= 0.6 is 11.6 Å². The number of carbonyl (C=O) groups excluding carboxylic acids is 2. The largest absolute Gasteiger partial charge is 0.451 e. The molecule has 1 atom stereocenters. The summed E-state index contributed by atoms with van der Waals surface area (Å²) >= 11 is 6.12. The summed E-state index contributed by atoms with van der Waals surface area (Å²) in [7, 11) is -2.59. The van der Waals surface area contributed by atoms with Crippen LogP contribution in [0.4, 0.5) is 5.69 Å². The highest BCUT2D eigenvalue weighted by molar-refractivity contribution is 7.93. The topological polar surface area (TPSA) is 80.8 Å². The second kappa shape index (κ2) is 8.32. The first-order valence-corrected chi connectivity index (χ1v) is 10.7. The normalized spacial score (nSPS) is 17.2. The minimum atomic E-state index is -4.00. The third kappa shape index (κ3) is 4.20. The Balaban J connectivity index is 1.88. The van der Waals surface area contributed by atoms with Gasteiger partial charge in [-0.2, -0.15) is 0 Å². The number of halogens is 1. The molecule has 1 aliphatic carbocycles. The molecule has 0 saturated heterocycles. The number of esters is 1. The molecule has 2 aromatic carbocycles. The van der Waals surface area contributed by atoms with Gasteiger partial charge in [-0.1, -0.05) is 29.8 Å². The van der Waals surface area contributed by atoms with Gasteiger partial charge in [0.1, 0.15) is 4.90 Å². The van der Waals surface area contributed by atoms with Crippen molar-refractivity contribution in [2.24, 2.45) is 0 Å². The molecule has 2 aromatic rings. The van der Waals surface area contributed by atoms with Gasteiger partial charge in [0.2, 0.25) is 0 Å².